The number of piperidine rings is 1. The lowest BCUT2D eigenvalue weighted by atomic mass is 10.1. The third-order valence-corrected chi connectivity index (χ3v) is 3.23. The molecule has 0 radical (unpaired) electrons. The molecule has 1 aliphatic rings. The van der Waals surface area contributed by atoms with Gasteiger partial charge in [0.2, 0.25) is 5.91 Å². The highest BCUT2D eigenvalue weighted by Crippen LogP contribution is 2.23. The fourth-order valence-corrected chi connectivity index (χ4v) is 2.25. The molecule has 0 aromatic heterocycles. The summed E-state index contributed by atoms with van der Waals surface area (Å²) < 4.78 is 53.0. The van der Waals surface area contributed by atoms with Gasteiger partial charge in [0.15, 0.2) is 0 Å². The highest BCUT2D eigenvalue weighted by Gasteiger charge is 2.31. The number of amides is 1. The standard InChI is InChI=1S/C14H15F4NO2/c15-11-2-1-7-19(9-11)13(20)8-10-3-5-12(6-4-10)21-14(16,17)18/h3-6,11H,1-2,7-9H2/t11-/m1/s1. The molecule has 7 heteroatoms. The summed E-state index contributed by atoms with van der Waals surface area (Å²) >= 11 is 0. The van der Waals surface area contributed by atoms with E-state index in [-0.39, 0.29) is 24.6 Å². The Kier molecular flexibility index (Phi) is 4.69. The predicted molar refractivity (Wildman–Crippen MR) is 67.5 cm³/mol. The van der Waals surface area contributed by atoms with Crippen molar-refractivity contribution in [1.29, 1.82) is 0 Å². The van der Waals surface area contributed by atoms with E-state index in [0.717, 1.165) is 12.1 Å². The van der Waals surface area contributed by atoms with Crippen molar-refractivity contribution >= 4 is 5.91 Å². The van der Waals surface area contributed by atoms with Gasteiger partial charge < -0.3 is 9.64 Å². The Morgan fingerprint density at radius 3 is 2.52 bits per heavy atom. The summed E-state index contributed by atoms with van der Waals surface area (Å²) in [5.74, 6) is -0.553. The lowest BCUT2D eigenvalue weighted by Crippen LogP contribution is -2.41. The summed E-state index contributed by atoms with van der Waals surface area (Å²) in [6, 6.07) is 5.11. The molecule has 0 aliphatic carbocycles. The van der Waals surface area contributed by atoms with Crippen LogP contribution in [0.25, 0.3) is 0 Å². The van der Waals surface area contributed by atoms with Crippen LogP contribution in [0.4, 0.5) is 17.6 Å². The van der Waals surface area contributed by atoms with E-state index < -0.39 is 12.5 Å². The largest absolute Gasteiger partial charge is 0.573 e. The molecule has 1 aliphatic heterocycles. The molecular weight excluding hydrogens is 290 g/mol. The van der Waals surface area contributed by atoms with Crippen molar-refractivity contribution in [2.24, 2.45) is 0 Å². The molecule has 1 fully saturated rings. The van der Waals surface area contributed by atoms with E-state index in [9.17, 15) is 22.4 Å². The molecule has 0 N–H and O–H groups in total. The monoisotopic (exact) mass is 305 g/mol. The van der Waals surface area contributed by atoms with Gasteiger partial charge in [-0.25, -0.2) is 4.39 Å². The number of rotatable bonds is 3. The number of hydrogen-bond acceptors (Lipinski definition) is 2. The molecule has 0 saturated carbocycles. The summed E-state index contributed by atoms with van der Waals surface area (Å²) in [7, 11) is 0. The van der Waals surface area contributed by atoms with Crippen LogP contribution in [-0.4, -0.2) is 36.4 Å². The minimum absolute atomic E-state index is 0.0407. The maximum atomic E-state index is 13.2. The number of benzene rings is 1. The summed E-state index contributed by atoms with van der Waals surface area (Å²) in [4.78, 5) is 13.4. The van der Waals surface area contributed by atoms with Gasteiger partial charge in [-0.05, 0) is 30.5 Å². The maximum absolute atomic E-state index is 13.2. The minimum atomic E-state index is -4.73. The van der Waals surface area contributed by atoms with Crippen LogP contribution in [0.15, 0.2) is 24.3 Å². The quantitative estimate of drug-likeness (QED) is 0.803. The summed E-state index contributed by atoms with van der Waals surface area (Å²) in [6.07, 6.45) is -4.59. The van der Waals surface area contributed by atoms with E-state index in [4.69, 9.17) is 0 Å². The third kappa shape index (κ3) is 4.91. The Hall–Kier alpha value is -1.79. The number of hydrogen-bond donors (Lipinski definition) is 0. The molecule has 1 heterocycles. The third-order valence-electron chi connectivity index (χ3n) is 3.23. The zero-order valence-corrected chi connectivity index (χ0v) is 11.2. The molecule has 116 valence electrons. The van der Waals surface area contributed by atoms with Crippen molar-refractivity contribution in [1.82, 2.24) is 4.90 Å². The smallest absolute Gasteiger partial charge is 0.406 e. The molecule has 1 saturated heterocycles. The maximum Gasteiger partial charge on any atom is 0.573 e. The molecular formula is C14H15F4NO2. The first-order chi connectivity index (χ1) is 9.83. The van der Waals surface area contributed by atoms with E-state index in [1.165, 1.54) is 17.0 Å². The fourth-order valence-electron chi connectivity index (χ4n) is 2.25. The van der Waals surface area contributed by atoms with E-state index in [1.54, 1.807) is 0 Å². The van der Waals surface area contributed by atoms with Crippen LogP contribution >= 0.6 is 0 Å². The van der Waals surface area contributed by atoms with E-state index in [0.29, 0.717) is 24.9 Å². The van der Waals surface area contributed by atoms with Gasteiger partial charge in [-0.15, -0.1) is 13.2 Å². The van der Waals surface area contributed by atoms with Gasteiger partial charge in [0.1, 0.15) is 11.9 Å². The Morgan fingerprint density at radius 1 is 1.29 bits per heavy atom. The van der Waals surface area contributed by atoms with Crippen molar-refractivity contribution in [2.45, 2.75) is 31.8 Å². The number of likely N-dealkylation sites (tertiary alicyclic amines) is 1. The van der Waals surface area contributed by atoms with Gasteiger partial charge in [-0.3, -0.25) is 4.79 Å². The van der Waals surface area contributed by atoms with Crippen molar-refractivity contribution < 1.29 is 27.1 Å². The first-order valence-corrected chi connectivity index (χ1v) is 6.60. The van der Waals surface area contributed by atoms with Gasteiger partial charge >= 0.3 is 6.36 Å². The highest BCUT2D eigenvalue weighted by molar-refractivity contribution is 5.79. The average Bonchev–Trinajstić information content (AvgIpc) is 2.39. The Morgan fingerprint density at radius 2 is 1.95 bits per heavy atom. The molecule has 1 atom stereocenters. The molecule has 1 aromatic carbocycles. The molecule has 21 heavy (non-hydrogen) atoms. The van der Waals surface area contributed by atoms with E-state index in [1.807, 2.05) is 0 Å². The second-order valence-corrected chi connectivity index (χ2v) is 4.95. The first-order valence-electron chi connectivity index (χ1n) is 6.60. The van der Waals surface area contributed by atoms with Gasteiger partial charge in [-0.1, -0.05) is 12.1 Å². The molecule has 2 rings (SSSR count). The van der Waals surface area contributed by atoms with Crippen molar-refractivity contribution in [2.75, 3.05) is 13.1 Å². The Bertz CT molecular complexity index is 487. The van der Waals surface area contributed by atoms with Gasteiger partial charge in [0.05, 0.1) is 13.0 Å². The van der Waals surface area contributed by atoms with Crippen LogP contribution in [0.3, 0.4) is 0 Å². The highest BCUT2D eigenvalue weighted by atomic mass is 19.4. The molecule has 1 amide bonds. The number of carbonyl (C=O) groups is 1. The lowest BCUT2D eigenvalue weighted by Gasteiger charge is -2.29. The second kappa shape index (κ2) is 6.32. The van der Waals surface area contributed by atoms with Gasteiger partial charge in [0.25, 0.3) is 0 Å². The predicted octanol–water partition coefficient (Wildman–Crippen LogP) is 3.09. The van der Waals surface area contributed by atoms with Crippen LogP contribution in [0.1, 0.15) is 18.4 Å². The zero-order valence-electron chi connectivity index (χ0n) is 11.2. The summed E-state index contributed by atoms with van der Waals surface area (Å²) in [5.41, 5.74) is 0.565. The average molecular weight is 305 g/mol. The topological polar surface area (TPSA) is 29.5 Å². The molecule has 1 aromatic rings. The van der Waals surface area contributed by atoms with Crippen molar-refractivity contribution in [3.63, 3.8) is 0 Å². The SMILES string of the molecule is O=C(Cc1ccc(OC(F)(F)F)cc1)N1CCC[C@@H](F)C1. The van der Waals surface area contributed by atoms with E-state index >= 15 is 0 Å². The number of alkyl halides is 4. The minimum Gasteiger partial charge on any atom is -0.406 e. The number of ether oxygens (including phenoxy) is 1. The van der Waals surface area contributed by atoms with E-state index in [2.05, 4.69) is 4.74 Å². The van der Waals surface area contributed by atoms with Crippen molar-refractivity contribution in [3.8, 4) is 5.75 Å². The summed E-state index contributed by atoms with van der Waals surface area (Å²) in [6.45, 7) is 0.614. The normalized spacial score (nSPS) is 19.4. The first kappa shape index (κ1) is 15.6. The lowest BCUT2D eigenvalue weighted by molar-refractivity contribution is -0.274. The van der Waals surface area contributed by atoms with Crippen molar-refractivity contribution in [3.05, 3.63) is 29.8 Å². The second-order valence-electron chi connectivity index (χ2n) is 4.95. The summed E-state index contributed by atoms with van der Waals surface area (Å²) in [5, 5.41) is 0. The van der Waals surface area contributed by atoms with Gasteiger partial charge in [0, 0.05) is 6.54 Å². The number of nitrogens with zero attached hydrogens (tertiary/aromatic N) is 1. The molecule has 0 unspecified atom stereocenters. The Balaban J connectivity index is 1.92. The molecule has 3 nitrogen and oxygen atoms in total. The zero-order chi connectivity index (χ0) is 15.5. The van der Waals surface area contributed by atoms with Crippen LogP contribution < -0.4 is 4.74 Å². The fraction of sp³-hybridized carbons (Fsp3) is 0.500. The van der Waals surface area contributed by atoms with Crippen LogP contribution in [0.5, 0.6) is 5.75 Å². The van der Waals surface area contributed by atoms with Crippen LogP contribution in [-0.2, 0) is 11.2 Å². The van der Waals surface area contributed by atoms with Crippen LogP contribution in [0.2, 0.25) is 0 Å². The number of carbonyl (C=O) groups excluding carboxylic acids is 1. The molecule has 0 bridgehead atoms. The Labute approximate surface area is 119 Å². The van der Waals surface area contributed by atoms with Crippen LogP contribution in [0, 0.1) is 0 Å². The number of halogens is 4. The van der Waals surface area contributed by atoms with Gasteiger partial charge in [-0.2, -0.15) is 0 Å². The molecule has 0 spiro atoms.